The monoisotopic (exact) mass is 354 g/mol. The number of nitrogens with one attached hydrogen (secondary N) is 2. The number of rotatable bonds is 3. The highest BCUT2D eigenvalue weighted by Gasteiger charge is 2.26. The minimum Gasteiger partial charge on any atom is -0.482 e. The van der Waals surface area contributed by atoms with Crippen LogP contribution in [0.3, 0.4) is 0 Å². The van der Waals surface area contributed by atoms with Crippen molar-refractivity contribution in [1.29, 1.82) is 0 Å². The van der Waals surface area contributed by atoms with Crippen molar-refractivity contribution in [2.75, 3.05) is 11.9 Å². The van der Waals surface area contributed by atoms with Gasteiger partial charge >= 0.3 is 0 Å². The Kier molecular flexibility index (Phi) is 4.14. The van der Waals surface area contributed by atoms with E-state index >= 15 is 0 Å². The lowest BCUT2D eigenvalue weighted by Crippen LogP contribution is -2.31. The van der Waals surface area contributed by atoms with Crippen LogP contribution in [-0.2, 0) is 11.2 Å². The first-order valence-corrected chi connectivity index (χ1v) is 8.97. The Bertz CT molecular complexity index is 872. The van der Waals surface area contributed by atoms with E-state index in [0.29, 0.717) is 23.0 Å². The Morgan fingerprint density at radius 3 is 3.08 bits per heavy atom. The maximum atomic E-state index is 12.7. The van der Waals surface area contributed by atoms with Crippen molar-refractivity contribution >= 4 is 17.5 Å². The lowest BCUT2D eigenvalue weighted by Gasteiger charge is -2.23. The van der Waals surface area contributed by atoms with Gasteiger partial charge in [0.25, 0.3) is 11.8 Å². The first kappa shape index (κ1) is 16.6. The van der Waals surface area contributed by atoms with Crippen LogP contribution >= 0.6 is 0 Å². The Morgan fingerprint density at radius 1 is 1.42 bits per heavy atom. The van der Waals surface area contributed by atoms with Crippen LogP contribution in [0.4, 0.5) is 5.69 Å². The lowest BCUT2D eigenvalue weighted by molar-refractivity contribution is -0.118. The zero-order chi connectivity index (χ0) is 18.3. The molecule has 2 amide bonds. The first-order chi connectivity index (χ1) is 12.5. The number of anilines is 1. The van der Waals surface area contributed by atoms with Crippen molar-refractivity contribution in [3.05, 3.63) is 41.2 Å². The number of nitrogens with zero attached hydrogens (tertiary/aromatic N) is 2. The first-order valence-electron chi connectivity index (χ1n) is 8.97. The number of aromatic nitrogens is 2. The molecule has 0 saturated carbocycles. The number of ether oxygens (including phenoxy) is 1. The molecule has 1 aromatic heterocycles. The lowest BCUT2D eigenvalue weighted by atomic mass is 9.93. The molecular formula is C19H22N4O3. The fourth-order valence-corrected chi connectivity index (χ4v) is 3.43. The molecular weight excluding hydrogens is 332 g/mol. The van der Waals surface area contributed by atoms with Gasteiger partial charge in [-0.2, -0.15) is 5.10 Å². The van der Waals surface area contributed by atoms with Gasteiger partial charge in [0.15, 0.2) is 6.61 Å². The molecule has 1 aromatic carbocycles. The van der Waals surface area contributed by atoms with Gasteiger partial charge in [0.1, 0.15) is 5.75 Å². The summed E-state index contributed by atoms with van der Waals surface area (Å²) in [5.41, 5.74) is 3.29. The SMILES string of the molecule is CC(C)n1cc2c(n1)[C@H](NC(=O)c1ccc3c(c1)OCC(=O)N3)CCC2. The topological polar surface area (TPSA) is 85.2 Å². The molecule has 7 heteroatoms. The van der Waals surface area contributed by atoms with Crippen molar-refractivity contribution < 1.29 is 14.3 Å². The third kappa shape index (κ3) is 3.05. The number of fused-ring (bicyclic) bond motifs is 2. The number of amides is 2. The van der Waals surface area contributed by atoms with Crippen LogP contribution in [0.2, 0.25) is 0 Å². The summed E-state index contributed by atoms with van der Waals surface area (Å²) in [6, 6.07) is 5.27. The summed E-state index contributed by atoms with van der Waals surface area (Å²) in [6.07, 6.45) is 5.00. The van der Waals surface area contributed by atoms with E-state index in [1.165, 1.54) is 5.56 Å². The average Bonchev–Trinajstić information content (AvgIpc) is 3.07. The zero-order valence-electron chi connectivity index (χ0n) is 14.9. The van der Waals surface area contributed by atoms with Crippen LogP contribution in [0.25, 0.3) is 0 Å². The van der Waals surface area contributed by atoms with E-state index in [2.05, 4.69) is 35.8 Å². The van der Waals surface area contributed by atoms with Crippen molar-refractivity contribution in [1.82, 2.24) is 15.1 Å². The third-order valence-electron chi connectivity index (χ3n) is 4.82. The summed E-state index contributed by atoms with van der Waals surface area (Å²) in [6.45, 7) is 4.16. The fraction of sp³-hybridized carbons (Fsp3) is 0.421. The van der Waals surface area contributed by atoms with Crippen LogP contribution in [0.15, 0.2) is 24.4 Å². The molecule has 0 radical (unpaired) electrons. The van der Waals surface area contributed by atoms with E-state index in [1.54, 1.807) is 18.2 Å². The normalized spacial score (nSPS) is 18.6. The molecule has 0 saturated heterocycles. The highest BCUT2D eigenvalue weighted by Crippen LogP contribution is 2.31. The van der Waals surface area contributed by atoms with Gasteiger partial charge in [-0.25, -0.2) is 0 Å². The van der Waals surface area contributed by atoms with Crippen molar-refractivity contribution in [3.63, 3.8) is 0 Å². The number of carbonyl (C=O) groups excluding carboxylic acids is 2. The molecule has 1 aliphatic carbocycles. The van der Waals surface area contributed by atoms with E-state index in [1.807, 2.05) is 4.68 Å². The summed E-state index contributed by atoms with van der Waals surface area (Å²) in [5.74, 6) is 0.168. The van der Waals surface area contributed by atoms with E-state index in [-0.39, 0.29) is 24.5 Å². The Balaban J connectivity index is 1.53. The molecule has 4 rings (SSSR count). The van der Waals surface area contributed by atoms with Gasteiger partial charge in [0.05, 0.1) is 17.4 Å². The zero-order valence-corrected chi connectivity index (χ0v) is 14.9. The molecule has 0 fully saturated rings. The smallest absolute Gasteiger partial charge is 0.262 e. The Morgan fingerprint density at radius 2 is 2.27 bits per heavy atom. The molecule has 0 spiro atoms. The van der Waals surface area contributed by atoms with Gasteiger partial charge in [-0.3, -0.25) is 14.3 Å². The summed E-state index contributed by atoms with van der Waals surface area (Å²) in [5, 5.41) is 10.5. The predicted molar refractivity (Wildman–Crippen MR) is 96.3 cm³/mol. The maximum absolute atomic E-state index is 12.7. The summed E-state index contributed by atoms with van der Waals surface area (Å²) in [7, 11) is 0. The standard InChI is InChI=1S/C19H22N4O3/c1-11(2)23-9-13-4-3-5-15(18(13)22-23)21-19(25)12-6-7-14-16(8-12)26-10-17(24)20-14/h6-9,11,15H,3-5,10H2,1-2H3,(H,20,24)(H,21,25)/t15-/m1/s1. The van der Waals surface area contributed by atoms with Crippen molar-refractivity contribution in [3.8, 4) is 5.75 Å². The van der Waals surface area contributed by atoms with Gasteiger partial charge in [0.2, 0.25) is 0 Å². The maximum Gasteiger partial charge on any atom is 0.262 e. The van der Waals surface area contributed by atoms with Crippen molar-refractivity contribution in [2.45, 2.75) is 45.2 Å². The molecule has 0 unspecified atom stereocenters. The van der Waals surface area contributed by atoms with E-state index in [0.717, 1.165) is 25.0 Å². The second kappa shape index (κ2) is 6.48. The second-order valence-corrected chi connectivity index (χ2v) is 7.08. The summed E-state index contributed by atoms with van der Waals surface area (Å²) < 4.78 is 7.36. The van der Waals surface area contributed by atoms with Gasteiger partial charge in [0, 0.05) is 17.8 Å². The quantitative estimate of drug-likeness (QED) is 0.887. The van der Waals surface area contributed by atoms with Crippen molar-refractivity contribution in [2.24, 2.45) is 0 Å². The van der Waals surface area contributed by atoms with Gasteiger partial charge in [-0.15, -0.1) is 0 Å². The minimum atomic E-state index is -0.190. The fourth-order valence-electron chi connectivity index (χ4n) is 3.43. The molecule has 7 nitrogen and oxygen atoms in total. The van der Waals surface area contributed by atoms with E-state index in [4.69, 9.17) is 4.74 Å². The molecule has 2 N–H and O–H groups in total. The van der Waals surface area contributed by atoms with E-state index in [9.17, 15) is 9.59 Å². The molecule has 2 aliphatic rings. The number of benzene rings is 1. The van der Waals surface area contributed by atoms with Gasteiger partial charge in [-0.05, 0) is 56.9 Å². The Hall–Kier alpha value is -2.83. The molecule has 2 heterocycles. The van der Waals surface area contributed by atoms with Crippen LogP contribution in [0.5, 0.6) is 5.75 Å². The molecule has 136 valence electrons. The number of aryl methyl sites for hydroxylation is 1. The second-order valence-electron chi connectivity index (χ2n) is 7.08. The average molecular weight is 354 g/mol. The number of hydrogen-bond donors (Lipinski definition) is 2. The summed E-state index contributed by atoms with van der Waals surface area (Å²) in [4.78, 5) is 24.1. The highest BCUT2D eigenvalue weighted by atomic mass is 16.5. The largest absolute Gasteiger partial charge is 0.482 e. The van der Waals surface area contributed by atoms with Gasteiger partial charge in [-0.1, -0.05) is 0 Å². The third-order valence-corrected chi connectivity index (χ3v) is 4.82. The number of carbonyl (C=O) groups is 2. The van der Waals surface area contributed by atoms with Crippen LogP contribution in [-0.4, -0.2) is 28.2 Å². The molecule has 0 bridgehead atoms. The molecule has 1 atom stereocenters. The number of hydrogen-bond acceptors (Lipinski definition) is 4. The molecule has 2 aromatic rings. The predicted octanol–water partition coefficient (Wildman–Crippen LogP) is 2.60. The molecule has 26 heavy (non-hydrogen) atoms. The highest BCUT2D eigenvalue weighted by molar-refractivity contribution is 5.99. The molecule has 1 aliphatic heterocycles. The van der Waals surface area contributed by atoms with Crippen LogP contribution in [0, 0.1) is 0 Å². The minimum absolute atomic E-state index is 0.0311. The van der Waals surface area contributed by atoms with Crippen LogP contribution < -0.4 is 15.4 Å². The Labute approximate surface area is 151 Å². The summed E-state index contributed by atoms with van der Waals surface area (Å²) >= 11 is 0. The van der Waals surface area contributed by atoms with E-state index < -0.39 is 0 Å². The van der Waals surface area contributed by atoms with Gasteiger partial charge < -0.3 is 15.4 Å². The van der Waals surface area contributed by atoms with Crippen LogP contribution in [0.1, 0.15) is 60.4 Å².